The summed E-state index contributed by atoms with van der Waals surface area (Å²) in [6.45, 7) is 4.50. The molecule has 1 fully saturated rings. The normalized spacial score (nSPS) is 20.0. The molecule has 5 nitrogen and oxygen atoms in total. The van der Waals surface area contributed by atoms with E-state index < -0.39 is 0 Å². The van der Waals surface area contributed by atoms with Crippen molar-refractivity contribution in [2.75, 3.05) is 26.7 Å². The summed E-state index contributed by atoms with van der Waals surface area (Å²) in [7, 11) is 2.08. The van der Waals surface area contributed by atoms with Gasteiger partial charge in [0.2, 0.25) is 0 Å². The first-order chi connectivity index (χ1) is 8.56. The molecular weight excluding hydrogens is 230 g/mol. The molecule has 1 aliphatic rings. The lowest BCUT2D eigenvalue weighted by atomic mass is 10.1. The van der Waals surface area contributed by atoms with Crippen LogP contribution in [0.5, 0.6) is 0 Å². The molecule has 1 saturated heterocycles. The number of aromatic nitrogens is 1. The number of carbonyl (C=O) groups is 1. The van der Waals surface area contributed by atoms with Gasteiger partial charge >= 0.3 is 0 Å². The standard InChI is InChI=1S/C13H19N3O2/c1-9-5-12(17)11(7-14-9)13(18)15-6-10-3-4-16(2)8-10/h5,7,10H,3-4,6,8H2,1-2H3,(H,14,17)(H,15,18). The molecule has 1 aromatic rings. The molecule has 98 valence electrons. The van der Waals surface area contributed by atoms with Crippen molar-refractivity contribution in [3.8, 4) is 0 Å². The highest BCUT2D eigenvalue weighted by atomic mass is 16.2. The van der Waals surface area contributed by atoms with E-state index in [0.717, 1.165) is 25.2 Å². The third kappa shape index (κ3) is 2.98. The number of nitrogens with zero attached hydrogens (tertiary/aromatic N) is 1. The van der Waals surface area contributed by atoms with E-state index in [1.165, 1.54) is 12.3 Å². The summed E-state index contributed by atoms with van der Waals surface area (Å²) in [6, 6.07) is 1.44. The second-order valence-electron chi connectivity index (χ2n) is 5.02. The molecule has 0 aliphatic carbocycles. The van der Waals surface area contributed by atoms with Crippen molar-refractivity contribution in [1.82, 2.24) is 15.2 Å². The van der Waals surface area contributed by atoms with Gasteiger partial charge in [-0.2, -0.15) is 0 Å². The van der Waals surface area contributed by atoms with E-state index in [4.69, 9.17) is 0 Å². The zero-order valence-corrected chi connectivity index (χ0v) is 10.8. The minimum absolute atomic E-state index is 0.187. The molecule has 1 atom stereocenters. The highest BCUT2D eigenvalue weighted by molar-refractivity contribution is 5.93. The number of amides is 1. The van der Waals surface area contributed by atoms with Crippen LogP contribution >= 0.6 is 0 Å². The molecule has 1 unspecified atom stereocenters. The second-order valence-corrected chi connectivity index (χ2v) is 5.02. The van der Waals surface area contributed by atoms with Crippen LogP contribution in [-0.4, -0.2) is 42.5 Å². The van der Waals surface area contributed by atoms with Crippen LogP contribution in [0.2, 0.25) is 0 Å². The zero-order chi connectivity index (χ0) is 13.1. The highest BCUT2D eigenvalue weighted by Crippen LogP contribution is 2.12. The third-order valence-corrected chi connectivity index (χ3v) is 3.34. The van der Waals surface area contributed by atoms with Crippen LogP contribution in [0.4, 0.5) is 0 Å². The van der Waals surface area contributed by atoms with Gasteiger partial charge in [0.05, 0.1) is 0 Å². The first-order valence-electron chi connectivity index (χ1n) is 6.22. The quantitative estimate of drug-likeness (QED) is 0.813. The van der Waals surface area contributed by atoms with Gasteiger partial charge in [-0.25, -0.2) is 0 Å². The van der Waals surface area contributed by atoms with Crippen LogP contribution in [0.15, 0.2) is 17.1 Å². The lowest BCUT2D eigenvalue weighted by molar-refractivity contribution is 0.0946. The Morgan fingerprint density at radius 3 is 3.00 bits per heavy atom. The van der Waals surface area contributed by atoms with Crippen LogP contribution in [0.1, 0.15) is 22.5 Å². The number of hydrogen-bond acceptors (Lipinski definition) is 3. The summed E-state index contributed by atoms with van der Waals surface area (Å²) in [5.74, 6) is 0.203. The Hall–Kier alpha value is -1.62. The van der Waals surface area contributed by atoms with E-state index in [1.54, 1.807) is 6.92 Å². The van der Waals surface area contributed by atoms with Crippen molar-refractivity contribution < 1.29 is 4.79 Å². The van der Waals surface area contributed by atoms with Gasteiger partial charge < -0.3 is 15.2 Å². The number of nitrogens with one attached hydrogen (secondary N) is 2. The van der Waals surface area contributed by atoms with E-state index in [2.05, 4.69) is 22.2 Å². The fraction of sp³-hybridized carbons (Fsp3) is 0.538. The van der Waals surface area contributed by atoms with Gasteiger partial charge in [0, 0.05) is 31.0 Å². The summed E-state index contributed by atoms with van der Waals surface area (Å²) in [5.41, 5.74) is 0.716. The maximum atomic E-state index is 11.9. The van der Waals surface area contributed by atoms with Crippen molar-refractivity contribution in [3.63, 3.8) is 0 Å². The Balaban J connectivity index is 1.93. The predicted octanol–water partition coefficient (Wildman–Crippen LogP) is 0.365. The SMILES string of the molecule is Cc1cc(=O)c(C(=O)NCC2CCN(C)C2)c[nH]1. The van der Waals surface area contributed by atoms with Gasteiger partial charge in [0.15, 0.2) is 5.43 Å². The third-order valence-electron chi connectivity index (χ3n) is 3.34. The molecule has 2 heterocycles. The molecule has 2 rings (SSSR count). The summed E-state index contributed by atoms with van der Waals surface area (Å²) in [6.07, 6.45) is 2.58. The number of aryl methyl sites for hydroxylation is 1. The average molecular weight is 249 g/mol. The lowest BCUT2D eigenvalue weighted by Gasteiger charge is -2.11. The van der Waals surface area contributed by atoms with Crippen molar-refractivity contribution in [2.45, 2.75) is 13.3 Å². The predicted molar refractivity (Wildman–Crippen MR) is 69.7 cm³/mol. The fourth-order valence-electron chi connectivity index (χ4n) is 2.28. The van der Waals surface area contributed by atoms with Crippen LogP contribution in [0.25, 0.3) is 0 Å². The Labute approximate surface area is 106 Å². The summed E-state index contributed by atoms with van der Waals surface area (Å²) < 4.78 is 0. The zero-order valence-electron chi connectivity index (χ0n) is 10.8. The van der Waals surface area contributed by atoms with Crippen LogP contribution in [0.3, 0.4) is 0 Å². The molecule has 0 bridgehead atoms. The molecule has 5 heteroatoms. The van der Waals surface area contributed by atoms with E-state index >= 15 is 0 Å². The van der Waals surface area contributed by atoms with Crippen molar-refractivity contribution in [1.29, 1.82) is 0 Å². The molecule has 18 heavy (non-hydrogen) atoms. The molecular formula is C13H19N3O2. The number of likely N-dealkylation sites (tertiary alicyclic amines) is 1. The van der Waals surface area contributed by atoms with E-state index in [0.29, 0.717) is 12.5 Å². The topological polar surface area (TPSA) is 65.2 Å². The summed E-state index contributed by atoms with van der Waals surface area (Å²) in [5, 5.41) is 2.84. The molecule has 0 radical (unpaired) electrons. The minimum atomic E-state index is -0.286. The second kappa shape index (κ2) is 5.35. The van der Waals surface area contributed by atoms with E-state index in [1.807, 2.05) is 0 Å². The van der Waals surface area contributed by atoms with Gasteiger partial charge in [-0.15, -0.1) is 0 Å². The Bertz CT molecular complexity index is 495. The fourth-order valence-corrected chi connectivity index (χ4v) is 2.28. The minimum Gasteiger partial charge on any atom is -0.364 e. The first kappa shape index (κ1) is 12.8. The summed E-state index contributed by atoms with van der Waals surface area (Å²) >= 11 is 0. The van der Waals surface area contributed by atoms with Crippen LogP contribution in [0, 0.1) is 12.8 Å². The number of aromatic amines is 1. The monoisotopic (exact) mass is 249 g/mol. The maximum Gasteiger partial charge on any atom is 0.256 e. The Morgan fingerprint density at radius 1 is 1.61 bits per heavy atom. The first-order valence-corrected chi connectivity index (χ1v) is 6.22. The summed E-state index contributed by atoms with van der Waals surface area (Å²) in [4.78, 5) is 28.6. The largest absolute Gasteiger partial charge is 0.364 e. The molecule has 2 N–H and O–H groups in total. The number of carbonyl (C=O) groups excluding carboxylic acids is 1. The van der Waals surface area contributed by atoms with Gasteiger partial charge in [-0.05, 0) is 32.9 Å². The van der Waals surface area contributed by atoms with E-state index in [-0.39, 0.29) is 16.9 Å². The van der Waals surface area contributed by atoms with Crippen molar-refractivity contribution >= 4 is 5.91 Å². The van der Waals surface area contributed by atoms with Gasteiger partial charge in [0.1, 0.15) is 5.56 Å². The molecule has 0 aromatic carbocycles. The molecule has 0 saturated carbocycles. The number of pyridine rings is 1. The Morgan fingerprint density at radius 2 is 2.39 bits per heavy atom. The van der Waals surface area contributed by atoms with Gasteiger partial charge in [0.25, 0.3) is 5.91 Å². The lowest BCUT2D eigenvalue weighted by Crippen LogP contribution is -2.33. The number of rotatable bonds is 3. The molecule has 1 aliphatic heterocycles. The number of hydrogen-bond donors (Lipinski definition) is 2. The molecule has 1 amide bonds. The van der Waals surface area contributed by atoms with Crippen LogP contribution in [-0.2, 0) is 0 Å². The maximum absolute atomic E-state index is 11.9. The van der Waals surface area contributed by atoms with Gasteiger partial charge in [-0.1, -0.05) is 0 Å². The smallest absolute Gasteiger partial charge is 0.256 e. The molecule has 1 aromatic heterocycles. The van der Waals surface area contributed by atoms with Crippen molar-refractivity contribution in [2.24, 2.45) is 5.92 Å². The van der Waals surface area contributed by atoms with Crippen molar-refractivity contribution in [3.05, 3.63) is 33.7 Å². The van der Waals surface area contributed by atoms with Crippen LogP contribution < -0.4 is 10.7 Å². The number of H-pyrrole nitrogens is 1. The van der Waals surface area contributed by atoms with E-state index in [9.17, 15) is 9.59 Å². The van der Waals surface area contributed by atoms with Gasteiger partial charge in [-0.3, -0.25) is 9.59 Å². The average Bonchev–Trinajstić information content (AvgIpc) is 2.72. The Kier molecular flexibility index (Phi) is 3.81. The molecule has 0 spiro atoms. The highest BCUT2D eigenvalue weighted by Gasteiger charge is 2.20.